The fraction of sp³-hybridized carbons (Fsp3) is 0.296. The average molecular weight is 414 g/mol. The van der Waals surface area contributed by atoms with Crippen LogP contribution in [0.3, 0.4) is 0 Å². The predicted octanol–water partition coefficient (Wildman–Crippen LogP) is 5.38. The number of nitrogens with one attached hydrogen (secondary N) is 2. The summed E-state index contributed by atoms with van der Waals surface area (Å²) < 4.78 is 0. The predicted molar refractivity (Wildman–Crippen MR) is 128 cm³/mol. The highest BCUT2D eigenvalue weighted by Gasteiger charge is 2.22. The van der Waals surface area contributed by atoms with Crippen LogP contribution in [0.4, 0.5) is 11.4 Å². The Kier molecular flexibility index (Phi) is 6.88. The molecule has 1 heterocycles. The molecule has 1 fully saturated rings. The van der Waals surface area contributed by atoms with Gasteiger partial charge in [0.15, 0.2) is 0 Å². The molecule has 1 saturated heterocycles. The van der Waals surface area contributed by atoms with Crippen LogP contribution in [0.5, 0.6) is 0 Å². The van der Waals surface area contributed by atoms with Gasteiger partial charge in [0.05, 0.1) is 17.4 Å². The van der Waals surface area contributed by atoms with Gasteiger partial charge in [0.2, 0.25) is 5.91 Å². The van der Waals surface area contributed by atoms with Crippen LogP contribution in [-0.2, 0) is 4.79 Å². The van der Waals surface area contributed by atoms with E-state index in [0.717, 1.165) is 29.9 Å². The number of carbonyl (C=O) groups is 1. The molecular formula is C27H31N3O. The molecule has 31 heavy (non-hydrogen) atoms. The monoisotopic (exact) mass is 413 g/mol. The Labute approximate surface area is 185 Å². The molecule has 3 aromatic rings. The number of para-hydroxylation sites is 2. The topological polar surface area (TPSA) is 44.4 Å². The number of benzene rings is 3. The molecule has 1 unspecified atom stereocenters. The van der Waals surface area contributed by atoms with E-state index in [9.17, 15) is 4.79 Å². The molecular weight excluding hydrogens is 382 g/mol. The van der Waals surface area contributed by atoms with Gasteiger partial charge < -0.3 is 15.5 Å². The van der Waals surface area contributed by atoms with Crippen molar-refractivity contribution in [3.63, 3.8) is 0 Å². The van der Waals surface area contributed by atoms with E-state index >= 15 is 0 Å². The summed E-state index contributed by atoms with van der Waals surface area (Å²) in [4.78, 5) is 15.6. The molecule has 1 aliphatic rings. The second kappa shape index (κ2) is 10.2. The minimum atomic E-state index is -0.360. The summed E-state index contributed by atoms with van der Waals surface area (Å²) in [5, 5.41) is 6.72. The standard InChI is InChI=1S/C27H31N3O/c1-21(28-24-17-9-10-18-25(24)30-19-11-4-12-20-30)27(31)29-26(22-13-5-2-6-14-22)23-15-7-3-8-16-23/h2-3,5-10,13-18,21,26,28H,4,11-12,19-20H2,1H3,(H,29,31). The Morgan fingerprint density at radius 3 is 1.94 bits per heavy atom. The van der Waals surface area contributed by atoms with Crippen LogP contribution in [-0.4, -0.2) is 25.0 Å². The molecule has 4 rings (SSSR count). The van der Waals surface area contributed by atoms with Crippen LogP contribution in [0.1, 0.15) is 43.4 Å². The third kappa shape index (κ3) is 5.26. The van der Waals surface area contributed by atoms with E-state index in [1.807, 2.05) is 49.4 Å². The quantitative estimate of drug-likeness (QED) is 0.546. The zero-order chi connectivity index (χ0) is 21.5. The van der Waals surface area contributed by atoms with E-state index in [2.05, 4.69) is 58.0 Å². The van der Waals surface area contributed by atoms with Gasteiger partial charge in [-0.2, -0.15) is 0 Å². The van der Waals surface area contributed by atoms with Crippen molar-refractivity contribution in [2.75, 3.05) is 23.3 Å². The lowest BCUT2D eigenvalue weighted by Crippen LogP contribution is -2.40. The number of amides is 1. The van der Waals surface area contributed by atoms with Gasteiger partial charge in [0, 0.05) is 13.1 Å². The SMILES string of the molecule is CC(Nc1ccccc1N1CCCCC1)C(=O)NC(c1ccccc1)c1ccccc1. The van der Waals surface area contributed by atoms with Gasteiger partial charge in [0.25, 0.3) is 0 Å². The van der Waals surface area contributed by atoms with Crippen molar-refractivity contribution in [2.24, 2.45) is 0 Å². The number of piperidine rings is 1. The number of hydrogen-bond donors (Lipinski definition) is 2. The Morgan fingerprint density at radius 1 is 0.774 bits per heavy atom. The molecule has 0 aliphatic carbocycles. The molecule has 3 aromatic carbocycles. The first-order chi connectivity index (χ1) is 15.2. The third-order valence-electron chi connectivity index (χ3n) is 5.92. The van der Waals surface area contributed by atoms with E-state index in [-0.39, 0.29) is 18.0 Å². The van der Waals surface area contributed by atoms with Crippen molar-refractivity contribution in [2.45, 2.75) is 38.3 Å². The van der Waals surface area contributed by atoms with Gasteiger partial charge in [-0.05, 0) is 49.4 Å². The van der Waals surface area contributed by atoms with Crippen molar-refractivity contribution >= 4 is 17.3 Å². The summed E-state index contributed by atoms with van der Waals surface area (Å²) in [6.45, 7) is 4.07. The Balaban J connectivity index is 1.50. The van der Waals surface area contributed by atoms with Crippen LogP contribution in [0.15, 0.2) is 84.9 Å². The van der Waals surface area contributed by atoms with E-state index in [1.165, 1.54) is 24.9 Å². The Bertz CT molecular complexity index is 929. The maximum atomic E-state index is 13.2. The van der Waals surface area contributed by atoms with Gasteiger partial charge in [-0.3, -0.25) is 4.79 Å². The summed E-state index contributed by atoms with van der Waals surface area (Å²) in [5.74, 6) is -0.0221. The van der Waals surface area contributed by atoms with Crippen molar-refractivity contribution in [1.29, 1.82) is 0 Å². The van der Waals surface area contributed by atoms with Crippen LogP contribution in [0, 0.1) is 0 Å². The lowest BCUT2D eigenvalue weighted by atomic mass is 9.98. The van der Waals surface area contributed by atoms with Gasteiger partial charge in [0.1, 0.15) is 6.04 Å². The summed E-state index contributed by atoms with van der Waals surface area (Å²) in [6, 6.07) is 28.0. The lowest BCUT2D eigenvalue weighted by Gasteiger charge is -2.31. The molecule has 4 heteroatoms. The summed E-state index contributed by atoms with van der Waals surface area (Å²) in [6.07, 6.45) is 3.74. The number of nitrogens with zero attached hydrogens (tertiary/aromatic N) is 1. The first-order valence-corrected chi connectivity index (χ1v) is 11.2. The second-order valence-corrected chi connectivity index (χ2v) is 8.19. The highest BCUT2D eigenvalue weighted by atomic mass is 16.2. The number of anilines is 2. The molecule has 0 spiro atoms. The van der Waals surface area contributed by atoms with Crippen LogP contribution in [0.25, 0.3) is 0 Å². The molecule has 1 amide bonds. The highest BCUT2D eigenvalue weighted by Crippen LogP contribution is 2.29. The lowest BCUT2D eigenvalue weighted by molar-refractivity contribution is -0.122. The van der Waals surface area contributed by atoms with Crippen molar-refractivity contribution in [3.8, 4) is 0 Å². The summed E-state index contributed by atoms with van der Waals surface area (Å²) in [5.41, 5.74) is 4.35. The molecule has 0 saturated carbocycles. The number of hydrogen-bond acceptors (Lipinski definition) is 3. The van der Waals surface area contributed by atoms with Crippen molar-refractivity contribution in [3.05, 3.63) is 96.1 Å². The molecule has 160 valence electrons. The fourth-order valence-electron chi connectivity index (χ4n) is 4.22. The minimum absolute atomic E-state index is 0.0221. The molecule has 1 atom stereocenters. The summed E-state index contributed by atoms with van der Waals surface area (Å²) >= 11 is 0. The first kappa shape index (κ1) is 21.0. The molecule has 0 radical (unpaired) electrons. The van der Waals surface area contributed by atoms with Gasteiger partial charge in [-0.25, -0.2) is 0 Å². The smallest absolute Gasteiger partial charge is 0.242 e. The first-order valence-electron chi connectivity index (χ1n) is 11.2. The average Bonchev–Trinajstić information content (AvgIpc) is 2.84. The highest BCUT2D eigenvalue weighted by molar-refractivity contribution is 5.86. The number of carbonyl (C=O) groups excluding carboxylic acids is 1. The molecule has 1 aliphatic heterocycles. The van der Waals surface area contributed by atoms with Gasteiger partial charge in [-0.1, -0.05) is 72.8 Å². The minimum Gasteiger partial charge on any atom is -0.372 e. The zero-order valence-corrected chi connectivity index (χ0v) is 18.1. The van der Waals surface area contributed by atoms with E-state index in [4.69, 9.17) is 0 Å². The maximum absolute atomic E-state index is 13.2. The maximum Gasteiger partial charge on any atom is 0.242 e. The Morgan fingerprint density at radius 2 is 1.32 bits per heavy atom. The number of rotatable bonds is 7. The fourth-order valence-corrected chi connectivity index (χ4v) is 4.22. The molecule has 0 aromatic heterocycles. The summed E-state index contributed by atoms with van der Waals surface area (Å²) in [7, 11) is 0. The normalized spacial score (nSPS) is 14.8. The van der Waals surface area contributed by atoms with Gasteiger partial charge in [-0.15, -0.1) is 0 Å². The van der Waals surface area contributed by atoms with E-state index in [0.29, 0.717) is 0 Å². The molecule has 0 bridgehead atoms. The molecule has 2 N–H and O–H groups in total. The van der Waals surface area contributed by atoms with Crippen LogP contribution < -0.4 is 15.5 Å². The van der Waals surface area contributed by atoms with Crippen LogP contribution in [0.2, 0.25) is 0 Å². The third-order valence-corrected chi connectivity index (χ3v) is 5.92. The Hall–Kier alpha value is -3.27. The van der Waals surface area contributed by atoms with E-state index in [1.54, 1.807) is 0 Å². The van der Waals surface area contributed by atoms with Crippen molar-refractivity contribution < 1.29 is 4.79 Å². The van der Waals surface area contributed by atoms with Gasteiger partial charge >= 0.3 is 0 Å². The molecule has 4 nitrogen and oxygen atoms in total. The van der Waals surface area contributed by atoms with Crippen LogP contribution >= 0.6 is 0 Å². The second-order valence-electron chi connectivity index (χ2n) is 8.19. The largest absolute Gasteiger partial charge is 0.372 e. The van der Waals surface area contributed by atoms with E-state index < -0.39 is 0 Å². The zero-order valence-electron chi connectivity index (χ0n) is 18.1. The van der Waals surface area contributed by atoms with Crippen molar-refractivity contribution in [1.82, 2.24) is 5.32 Å².